The fourth-order valence-electron chi connectivity index (χ4n) is 1.74. The van der Waals surface area contributed by atoms with E-state index < -0.39 is 0 Å². The monoisotopic (exact) mass is 331 g/mol. The SMILES string of the molecule is COC(=O)[C@@H](C)Sc1ccc(NC(=O)c2ccc(C)cc2)nn1. The van der Waals surface area contributed by atoms with E-state index >= 15 is 0 Å². The third-order valence-electron chi connectivity index (χ3n) is 3.03. The normalized spacial score (nSPS) is 11.6. The number of rotatable bonds is 5. The fourth-order valence-corrected chi connectivity index (χ4v) is 2.53. The van der Waals surface area contributed by atoms with E-state index in [1.165, 1.54) is 18.9 Å². The molecule has 1 amide bonds. The number of aryl methyl sites for hydroxylation is 1. The Morgan fingerprint density at radius 2 is 1.83 bits per heavy atom. The van der Waals surface area contributed by atoms with Crippen LogP contribution in [0, 0.1) is 6.92 Å². The van der Waals surface area contributed by atoms with Crippen LogP contribution in [0.5, 0.6) is 0 Å². The number of hydrogen-bond donors (Lipinski definition) is 1. The first-order chi connectivity index (χ1) is 11.0. The molecule has 120 valence electrons. The molecule has 0 fully saturated rings. The van der Waals surface area contributed by atoms with E-state index in [2.05, 4.69) is 20.3 Å². The second kappa shape index (κ2) is 7.73. The first kappa shape index (κ1) is 17.0. The minimum atomic E-state index is -0.373. The zero-order valence-corrected chi connectivity index (χ0v) is 13.9. The quantitative estimate of drug-likeness (QED) is 0.670. The number of amides is 1. The van der Waals surface area contributed by atoms with Crippen molar-refractivity contribution < 1.29 is 14.3 Å². The van der Waals surface area contributed by atoms with Crippen LogP contribution in [0.2, 0.25) is 0 Å². The number of carbonyl (C=O) groups excluding carboxylic acids is 2. The largest absolute Gasteiger partial charge is 0.468 e. The van der Waals surface area contributed by atoms with Crippen LogP contribution >= 0.6 is 11.8 Å². The lowest BCUT2D eigenvalue weighted by Gasteiger charge is -2.08. The molecule has 0 saturated carbocycles. The van der Waals surface area contributed by atoms with Gasteiger partial charge in [-0.1, -0.05) is 29.5 Å². The van der Waals surface area contributed by atoms with Gasteiger partial charge in [0.2, 0.25) is 0 Å². The van der Waals surface area contributed by atoms with Crippen molar-refractivity contribution in [2.45, 2.75) is 24.1 Å². The summed E-state index contributed by atoms with van der Waals surface area (Å²) in [4.78, 5) is 23.4. The number of thioether (sulfide) groups is 1. The Bertz CT molecular complexity index is 687. The van der Waals surface area contributed by atoms with Crippen molar-refractivity contribution in [3.05, 3.63) is 47.5 Å². The number of benzene rings is 1. The molecule has 0 unspecified atom stereocenters. The zero-order chi connectivity index (χ0) is 16.8. The van der Waals surface area contributed by atoms with Crippen LogP contribution in [0.3, 0.4) is 0 Å². The maximum absolute atomic E-state index is 12.1. The third-order valence-corrected chi connectivity index (χ3v) is 4.03. The highest BCUT2D eigenvalue weighted by molar-refractivity contribution is 8.00. The minimum Gasteiger partial charge on any atom is -0.468 e. The number of aromatic nitrogens is 2. The number of nitrogens with one attached hydrogen (secondary N) is 1. The number of anilines is 1. The van der Waals surface area contributed by atoms with Gasteiger partial charge >= 0.3 is 5.97 Å². The number of esters is 1. The van der Waals surface area contributed by atoms with E-state index in [1.54, 1.807) is 31.2 Å². The summed E-state index contributed by atoms with van der Waals surface area (Å²) in [7, 11) is 1.34. The summed E-state index contributed by atoms with van der Waals surface area (Å²) in [5.41, 5.74) is 1.64. The molecular weight excluding hydrogens is 314 g/mol. The molecule has 0 aliphatic heterocycles. The number of ether oxygens (including phenoxy) is 1. The summed E-state index contributed by atoms with van der Waals surface area (Å²) in [6.07, 6.45) is 0. The molecule has 1 atom stereocenters. The summed E-state index contributed by atoms with van der Waals surface area (Å²) in [5.74, 6) is -0.221. The second-order valence-corrected chi connectivity index (χ2v) is 6.22. The van der Waals surface area contributed by atoms with Gasteiger partial charge in [-0.05, 0) is 38.1 Å². The van der Waals surface area contributed by atoms with Crippen LogP contribution in [0.15, 0.2) is 41.4 Å². The summed E-state index contributed by atoms with van der Waals surface area (Å²) in [6.45, 7) is 3.68. The molecule has 1 aromatic carbocycles. The van der Waals surface area contributed by atoms with Crippen LogP contribution in [-0.4, -0.2) is 34.4 Å². The van der Waals surface area contributed by atoms with Crippen molar-refractivity contribution in [1.29, 1.82) is 0 Å². The molecule has 0 spiro atoms. The molecule has 1 heterocycles. The molecule has 0 radical (unpaired) electrons. The van der Waals surface area contributed by atoms with Gasteiger partial charge in [-0.15, -0.1) is 10.2 Å². The highest BCUT2D eigenvalue weighted by Gasteiger charge is 2.15. The van der Waals surface area contributed by atoms with Gasteiger partial charge in [0.05, 0.1) is 7.11 Å². The van der Waals surface area contributed by atoms with E-state index in [0.717, 1.165) is 5.56 Å². The second-order valence-electron chi connectivity index (χ2n) is 4.86. The molecule has 0 aliphatic carbocycles. The van der Waals surface area contributed by atoms with Gasteiger partial charge in [0.15, 0.2) is 5.82 Å². The molecule has 0 saturated heterocycles. The van der Waals surface area contributed by atoms with Crippen LogP contribution < -0.4 is 5.32 Å². The summed E-state index contributed by atoms with van der Waals surface area (Å²) in [6, 6.07) is 10.6. The Labute approximate surface area is 138 Å². The van der Waals surface area contributed by atoms with Gasteiger partial charge < -0.3 is 10.1 Å². The fraction of sp³-hybridized carbons (Fsp3) is 0.250. The van der Waals surface area contributed by atoms with E-state index in [9.17, 15) is 9.59 Å². The maximum atomic E-state index is 12.1. The van der Waals surface area contributed by atoms with E-state index in [0.29, 0.717) is 16.4 Å². The van der Waals surface area contributed by atoms with Crippen molar-refractivity contribution in [2.24, 2.45) is 0 Å². The van der Waals surface area contributed by atoms with Gasteiger partial charge in [0.1, 0.15) is 10.3 Å². The minimum absolute atomic E-state index is 0.248. The molecule has 0 bridgehead atoms. The van der Waals surface area contributed by atoms with Crippen molar-refractivity contribution in [1.82, 2.24) is 10.2 Å². The van der Waals surface area contributed by atoms with E-state index in [1.807, 2.05) is 19.1 Å². The lowest BCUT2D eigenvalue weighted by atomic mass is 10.1. The van der Waals surface area contributed by atoms with Crippen LogP contribution in [0.1, 0.15) is 22.8 Å². The predicted octanol–water partition coefficient (Wildman–Crippen LogP) is 2.69. The Morgan fingerprint density at radius 1 is 1.13 bits per heavy atom. The summed E-state index contributed by atoms with van der Waals surface area (Å²) < 4.78 is 4.65. The van der Waals surface area contributed by atoms with Crippen LogP contribution in [0.4, 0.5) is 5.82 Å². The molecule has 2 rings (SSSR count). The Kier molecular flexibility index (Phi) is 5.70. The first-order valence-corrected chi connectivity index (χ1v) is 7.84. The molecular formula is C16H17N3O3S. The Hall–Kier alpha value is -2.41. The Morgan fingerprint density at radius 3 is 2.39 bits per heavy atom. The molecule has 0 aliphatic rings. The predicted molar refractivity (Wildman–Crippen MR) is 88.5 cm³/mol. The third kappa shape index (κ3) is 4.79. The highest BCUT2D eigenvalue weighted by atomic mass is 32.2. The number of hydrogen-bond acceptors (Lipinski definition) is 6. The van der Waals surface area contributed by atoms with Crippen molar-refractivity contribution >= 4 is 29.5 Å². The lowest BCUT2D eigenvalue weighted by molar-refractivity contribution is -0.139. The summed E-state index contributed by atoms with van der Waals surface area (Å²) >= 11 is 1.24. The molecule has 2 aromatic rings. The summed E-state index contributed by atoms with van der Waals surface area (Å²) in [5, 5.41) is 10.8. The molecule has 23 heavy (non-hydrogen) atoms. The number of nitrogens with zero attached hydrogens (tertiary/aromatic N) is 2. The first-order valence-electron chi connectivity index (χ1n) is 6.96. The molecule has 6 nitrogen and oxygen atoms in total. The molecule has 1 aromatic heterocycles. The lowest BCUT2D eigenvalue weighted by Crippen LogP contribution is -2.15. The van der Waals surface area contributed by atoms with E-state index in [-0.39, 0.29) is 17.1 Å². The van der Waals surface area contributed by atoms with Crippen LogP contribution in [0.25, 0.3) is 0 Å². The average Bonchev–Trinajstić information content (AvgIpc) is 2.56. The Balaban J connectivity index is 1.98. The van der Waals surface area contributed by atoms with Gasteiger partial charge in [0.25, 0.3) is 5.91 Å². The van der Waals surface area contributed by atoms with Gasteiger partial charge in [-0.25, -0.2) is 0 Å². The molecule has 1 N–H and O–H groups in total. The van der Waals surface area contributed by atoms with Gasteiger partial charge in [0, 0.05) is 5.56 Å². The van der Waals surface area contributed by atoms with E-state index in [4.69, 9.17) is 0 Å². The van der Waals surface area contributed by atoms with Crippen molar-refractivity contribution in [3.63, 3.8) is 0 Å². The van der Waals surface area contributed by atoms with Gasteiger partial charge in [-0.2, -0.15) is 0 Å². The zero-order valence-electron chi connectivity index (χ0n) is 13.1. The van der Waals surface area contributed by atoms with Crippen LogP contribution in [-0.2, 0) is 9.53 Å². The topological polar surface area (TPSA) is 81.2 Å². The van der Waals surface area contributed by atoms with Crippen molar-refractivity contribution in [3.8, 4) is 0 Å². The average molecular weight is 331 g/mol. The maximum Gasteiger partial charge on any atom is 0.318 e. The number of methoxy groups -OCH3 is 1. The smallest absolute Gasteiger partial charge is 0.318 e. The number of carbonyl (C=O) groups is 2. The van der Waals surface area contributed by atoms with Gasteiger partial charge in [-0.3, -0.25) is 9.59 Å². The van der Waals surface area contributed by atoms with Crippen molar-refractivity contribution in [2.75, 3.05) is 12.4 Å². The highest BCUT2D eigenvalue weighted by Crippen LogP contribution is 2.21. The standard InChI is InChI=1S/C16H17N3O3S/c1-10-4-6-12(7-5-10)15(20)17-13-8-9-14(19-18-13)23-11(2)16(21)22-3/h4-9,11H,1-3H3,(H,17,18,20)/t11-/m1/s1. The molecule has 7 heteroatoms.